The number of aromatic nitrogens is 2. The largest absolute Gasteiger partial charge is 0.381 e. The maximum absolute atomic E-state index is 12.6. The number of amides is 1. The molecule has 25 heavy (non-hydrogen) atoms. The fourth-order valence-electron chi connectivity index (χ4n) is 3.92. The summed E-state index contributed by atoms with van der Waals surface area (Å²) in [6.07, 6.45) is 4.48. The van der Waals surface area contributed by atoms with Crippen LogP contribution >= 0.6 is 0 Å². The first kappa shape index (κ1) is 16.7. The highest BCUT2D eigenvalue weighted by Crippen LogP contribution is 2.28. The molecule has 1 atom stereocenters. The second-order valence-electron chi connectivity index (χ2n) is 7.06. The Kier molecular flexibility index (Phi) is 5.12. The van der Waals surface area contributed by atoms with Crippen LogP contribution in [0, 0.1) is 5.92 Å². The molecule has 1 aromatic heterocycles. The van der Waals surface area contributed by atoms with Gasteiger partial charge < -0.3 is 19.3 Å². The number of carbonyl (C=O) groups is 1. The van der Waals surface area contributed by atoms with Crippen molar-refractivity contribution < 1.29 is 14.3 Å². The van der Waals surface area contributed by atoms with E-state index in [0.717, 1.165) is 70.2 Å². The molecule has 0 spiro atoms. The van der Waals surface area contributed by atoms with Gasteiger partial charge in [-0.1, -0.05) is 0 Å². The maximum atomic E-state index is 12.6. The van der Waals surface area contributed by atoms with E-state index in [9.17, 15) is 4.79 Å². The van der Waals surface area contributed by atoms with Gasteiger partial charge in [-0.25, -0.2) is 9.97 Å². The first-order chi connectivity index (χ1) is 12.3. The average molecular weight is 346 g/mol. The molecule has 0 aliphatic carbocycles. The van der Waals surface area contributed by atoms with Gasteiger partial charge >= 0.3 is 0 Å². The van der Waals surface area contributed by atoms with E-state index >= 15 is 0 Å². The molecule has 3 fully saturated rings. The van der Waals surface area contributed by atoms with E-state index in [1.807, 2.05) is 4.90 Å². The Hall–Kier alpha value is -1.73. The van der Waals surface area contributed by atoms with Gasteiger partial charge in [0, 0.05) is 50.7 Å². The van der Waals surface area contributed by atoms with Crippen LogP contribution in [-0.2, 0) is 14.3 Å². The number of ether oxygens (including phenoxy) is 2. The third kappa shape index (κ3) is 3.77. The van der Waals surface area contributed by atoms with E-state index in [0.29, 0.717) is 25.0 Å². The summed E-state index contributed by atoms with van der Waals surface area (Å²) in [5.41, 5.74) is 1.08. The summed E-state index contributed by atoms with van der Waals surface area (Å²) < 4.78 is 10.8. The van der Waals surface area contributed by atoms with Gasteiger partial charge in [-0.05, 0) is 19.3 Å². The van der Waals surface area contributed by atoms with Gasteiger partial charge in [0.2, 0.25) is 5.91 Å². The van der Waals surface area contributed by atoms with Gasteiger partial charge in [0.15, 0.2) is 0 Å². The zero-order valence-electron chi connectivity index (χ0n) is 14.6. The van der Waals surface area contributed by atoms with Crippen LogP contribution in [0.15, 0.2) is 12.4 Å². The summed E-state index contributed by atoms with van der Waals surface area (Å²) in [5.74, 6) is 1.81. The Morgan fingerprint density at radius 1 is 1.00 bits per heavy atom. The zero-order chi connectivity index (χ0) is 17.1. The highest BCUT2D eigenvalue weighted by Gasteiger charge is 2.30. The molecular formula is C18H26N4O3. The van der Waals surface area contributed by atoms with Gasteiger partial charge in [-0.15, -0.1) is 0 Å². The smallest absolute Gasteiger partial charge is 0.225 e. The lowest BCUT2D eigenvalue weighted by atomic mass is 9.95. The Morgan fingerprint density at radius 3 is 2.52 bits per heavy atom. The van der Waals surface area contributed by atoms with Crippen molar-refractivity contribution in [3.63, 3.8) is 0 Å². The van der Waals surface area contributed by atoms with Gasteiger partial charge in [-0.2, -0.15) is 0 Å². The van der Waals surface area contributed by atoms with Crippen molar-refractivity contribution in [2.24, 2.45) is 5.92 Å². The summed E-state index contributed by atoms with van der Waals surface area (Å²) in [6.45, 7) is 6.12. The molecule has 0 radical (unpaired) electrons. The standard InChI is InChI=1S/C18H26N4O3/c23-18(22-6-9-24-10-7-22)14-1-4-21(5-2-14)17-11-16(19-13-20-17)15-3-8-25-12-15/h11,13-15H,1-10,12H2. The van der Waals surface area contributed by atoms with E-state index in [1.165, 1.54) is 0 Å². The topological polar surface area (TPSA) is 67.8 Å². The molecule has 0 saturated carbocycles. The van der Waals surface area contributed by atoms with Crippen molar-refractivity contribution in [1.82, 2.24) is 14.9 Å². The highest BCUT2D eigenvalue weighted by atomic mass is 16.5. The Morgan fingerprint density at radius 2 is 1.80 bits per heavy atom. The van der Waals surface area contributed by atoms with E-state index in [1.54, 1.807) is 6.33 Å². The van der Waals surface area contributed by atoms with Crippen LogP contribution in [0.2, 0.25) is 0 Å². The first-order valence-corrected chi connectivity index (χ1v) is 9.32. The second-order valence-corrected chi connectivity index (χ2v) is 7.06. The fraction of sp³-hybridized carbons (Fsp3) is 0.722. The molecule has 136 valence electrons. The van der Waals surface area contributed by atoms with E-state index in [-0.39, 0.29) is 5.92 Å². The van der Waals surface area contributed by atoms with Crippen LogP contribution in [0.25, 0.3) is 0 Å². The molecule has 3 aliphatic rings. The zero-order valence-corrected chi connectivity index (χ0v) is 14.6. The summed E-state index contributed by atoms with van der Waals surface area (Å²) >= 11 is 0. The molecule has 7 nitrogen and oxygen atoms in total. The molecule has 3 aliphatic heterocycles. The summed E-state index contributed by atoms with van der Waals surface area (Å²) in [7, 11) is 0. The second kappa shape index (κ2) is 7.66. The van der Waals surface area contributed by atoms with Crippen LogP contribution in [0.1, 0.15) is 30.9 Å². The minimum atomic E-state index is 0.138. The molecule has 1 aromatic rings. The van der Waals surface area contributed by atoms with Crippen molar-refractivity contribution in [3.05, 3.63) is 18.1 Å². The van der Waals surface area contributed by atoms with Crippen LogP contribution in [0.4, 0.5) is 5.82 Å². The normalized spacial score (nSPS) is 25.4. The molecule has 7 heteroatoms. The lowest BCUT2D eigenvalue weighted by Gasteiger charge is -2.36. The number of anilines is 1. The van der Waals surface area contributed by atoms with Crippen molar-refractivity contribution in [1.29, 1.82) is 0 Å². The van der Waals surface area contributed by atoms with Crippen LogP contribution in [0.5, 0.6) is 0 Å². The molecule has 0 aromatic carbocycles. The van der Waals surface area contributed by atoms with Crippen molar-refractivity contribution >= 4 is 11.7 Å². The predicted molar refractivity (Wildman–Crippen MR) is 92.5 cm³/mol. The van der Waals surface area contributed by atoms with Gasteiger partial charge in [0.25, 0.3) is 0 Å². The van der Waals surface area contributed by atoms with Crippen LogP contribution in [-0.4, -0.2) is 73.4 Å². The number of carbonyl (C=O) groups excluding carboxylic acids is 1. The number of hydrogen-bond donors (Lipinski definition) is 0. The van der Waals surface area contributed by atoms with Gasteiger partial charge in [0.1, 0.15) is 12.1 Å². The van der Waals surface area contributed by atoms with Crippen LogP contribution in [0.3, 0.4) is 0 Å². The number of morpholine rings is 1. The van der Waals surface area contributed by atoms with Crippen LogP contribution < -0.4 is 4.90 Å². The van der Waals surface area contributed by atoms with E-state index in [4.69, 9.17) is 9.47 Å². The molecule has 3 saturated heterocycles. The number of nitrogens with zero attached hydrogens (tertiary/aromatic N) is 4. The average Bonchev–Trinajstić information content (AvgIpc) is 3.23. The van der Waals surface area contributed by atoms with Gasteiger partial charge in [0.05, 0.1) is 25.5 Å². The third-order valence-electron chi connectivity index (χ3n) is 5.51. The van der Waals surface area contributed by atoms with Crippen molar-refractivity contribution in [2.75, 3.05) is 57.5 Å². The third-order valence-corrected chi connectivity index (χ3v) is 5.51. The van der Waals surface area contributed by atoms with Crippen molar-refractivity contribution in [2.45, 2.75) is 25.2 Å². The molecule has 1 unspecified atom stereocenters. The Labute approximate surface area is 148 Å². The molecule has 4 heterocycles. The number of hydrogen-bond acceptors (Lipinski definition) is 6. The lowest BCUT2D eigenvalue weighted by Crippen LogP contribution is -2.47. The maximum Gasteiger partial charge on any atom is 0.225 e. The van der Waals surface area contributed by atoms with Gasteiger partial charge in [-0.3, -0.25) is 4.79 Å². The summed E-state index contributed by atoms with van der Waals surface area (Å²) in [4.78, 5) is 25.8. The van der Waals surface area contributed by atoms with E-state index in [2.05, 4.69) is 20.9 Å². The lowest BCUT2D eigenvalue weighted by molar-refractivity contribution is -0.140. The fourth-order valence-corrected chi connectivity index (χ4v) is 3.92. The summed E-state index contributed by atoms with van der Waals surface area (Å²) in [5, 5.41) is 0. The molecular weight excluding hydrogens is 320 g/mol. The minimum absolute atomic E-state index is 0.138. The molecule has 0 N–H and O–H groups in total. The molecule has 4 rings (SSSR count). The summed E-state index contributed by atoms with van der Waals surface area (Å²) in [6, 6.07) is 2.10. The highest BCUT2D eigenvalue weighted by molar-refractivity contribution is 5.79. The van der Waals surface area contributed by atoms with E-state index < -0.39 is 0 Å². The number of piperidine rings is 1. The first-order valence-electron chi connectivity index (χ1n) is 9.32. The molecule has 0 bridgehead atoms. The van der Waals surface area contributed by atoms with Crippen molar-refractivity contribution in [3.8, 4) is 0 Å². The Balaban J connectivity index is 1.35. The minimum Gasteiger partial charge on any atom is -0.381 e. The number of rotatable bonds is 3. The Bertz CT molecular complexity index is 592. The quantitative estimate of drug-likeness (QED) is 0.815. The monoisotopic (exact) mass is 346 g/mol. The SMILES string of the molecule is O=C(C1CCN(c2cc(C3CCOC3)ncn2)CC1)N1CCOCC1. The predicted octanol–water partition coefficient (Wildman–Crippen LogP) is 1.06. The molecule has 1 amide bonds.